The van der Waals surface area contributed by atoms with Crippen molar-refractivity contribution in [2.24, 2.45) is 0 Å². The minimum Gasteiger partial charge on any atom is -0.444 e. The summed E-state index contributed by atoms with van der Waals surface area (Å²) in [7, 11) is 0. The largest absolute Gasteiger partial charge is 0.444 e. The molecule has 1 saturated carbocycles. The van der Waals surface area contributed by atoms with Gasteiger partial charge >= 0.3 is 6.09 Å². The third kappa shape index (κ3) is 4.54. The lowest BCUT2D eigenvalue weighted by molar-refractivity contribution is -0.127. The molecule has 2 amide bonds. The maximum atomic E-state index is 13.0. The molecule has 5 nitrogen and oxygen atoms in total. The fraction of sp³-hybridized carbons (Fsp3) is 0.600. The molecule has 1 aromatic carbocycles. The summed E-state index contributed by atoms with van der Waals surface area (Å²) in [4.78, 5) is 26.7. The Kier molecular flexibility index (Phi) is 5.21. The quantitative estimate of drug-likeness (QED) is 0.894. The monoisotopic (exact) mass is 362 g/mol. The van der Waals surface area contributed by atoms with Crippen LogP contribution < -0.4 is 5.32 Å². The molecule has 142 valence electrons. The highest BCUT2D eigenvalue weighted by molar-refractivity contribution is 5.86. The highest BCUT2D eigenvalue weighted by Crippen LogP contribution is 2.41. The Bertz CT molecular complexity index is 669. The van der Waals surface area contributed by atoms with E-state index in [0.717, 1.165) is 24.8 Å². The average molecular weight is 362 g/mol. The molecule has 26 heavy (non-hydrogen) atoms. The normalized spacial score (nSPS) is 25.5. The molecule has 3 unspecified atom stereocenters. The number of halogens is 1. The van der Waals surface area contributed by atoms with E-state index in [1.165, 1.54) is 12.1 Å². The van der Waals surface area contributed by atoms with E-state index in [4.69, 9.17) is 4.74 Å². The van der Waals surface area contributed by atoms with Gasteiger partial charge in [-0.05, 0) is 64.2 Å². The van der Waals surface area contributed by atoms with Crippen LogP contribution in [-0.4, -0.2) is 41.1 Å². The molecule has 1 heterocycles. The molecule has 6 heteroatoms. The van der Waals surface area contributed by atoms with Crippen LogP contribution in [-0.2, 0) is 9.53 Å². The van der Waals surface area contributed by atoms with Gasteiger partial charge in [-0.1, -0.05) is 12.1 Å². The number of piperidine rings is 1. The van der Waals surface area contributed by atoms with Crippen molar-refractivity contribution in [1.29, 1.82) is 0 Å². The first-order valence-electron chi connectivity index (χ1n) is 9.30. The van der Waals surface area contributed by atoms with Crippen molar-refractivity contribution in [2.45, 2.75) is 70.1 Å². The summed E-state index contributed by atoms with van der Waals surface area (Å²) in [5.41, 5.74) is 0.448. The summed E-state index contributed by atoms with van der Waals surface area (Å²) in [5.74, 6) is -0.159. The van der Waals surface area contributed by atoms with Crippen LogP contribution in [0.1, 0.15) is 57.9 Å². The molecular formula is C20H27FN2O3. The van der Waals surface area contributed by atoms with Crippen molar-refractivity contribution in [3.8, 4) is 0 Å². The molecule has 0 radical (unpaired) electrons. The summed E-state index contributed by atoms with van der Waals surface area (Å²) < 4.78 is 18.5. The summed E-state index contributed by atoms with van der Waals surface area (Å²) in [5, 5.41) is 3.05. The SMILES string of the molecule is CC(C)(C)OC(=O)N1CCCCC1C(=O)NC1CC1c1ccc(F)cc1. The lowest BCUT2D eigenvalue weighted by atomic mass is 10.0. The fourth-order valence-electron chi connectivity index (χ4n) is 3.46. The van der Waals surface area contributed by atoms with Crippen LogP contribution in [0.15, 0.2) is 24.3 Å². The van der Waals surface area contributed by atoms with Crippen LogP contribution in [0.25, 0.3) is 0 Å². The average Bonchev–Trinajstić information content (AvgIpc) is 3.33. The molecule has 1 aliphatic carbocycles. The van der Waals surface area contributed by atoms with Gasteiger partial charge in [-0.3, -0.25) is 9.69 Å². The lowest BCUT2D eigenvalue weighted by Gasteiger charge is -2.35. The smallest absolute Gasteiger partial charge is 0.410 e. The van der Waals surface area contributed by atoms with Gasteiger partial charge in [0, 0.05) is 18.5 Å². The third-order valence-electron chi connectivity index (χ3n) is 4.85. The Morgan fingerprint density at radius 3 is 2.54 bits per heavy atom. The van der Waals surface area contributed by atoms with Gasteiger partial charge in [0.2, 0.25) is 5.91 Å². The van der Waals surface area contributed by atoms with Gasteiger partial charge in [0.15, 0.2) is 0 Å². The zero-order chi connectivity index (χ0) is 18.9. The molecular weight excluding hydrogens is 335 g/mol. The van der Waals surface area contributed by atoms with E-state index in [2.05, 4.69) is 5.32 Å². The summed E-state index contributed by atoms with van der Waals surface area (Å²) in [6.45, 7) is 6.00. The Hall–Kier alpha value is -2.11. The zero-order valence-electron chi connectivity index (χ0n) is 15.6. The first-order valence-corrected chi connectivity index (χ1v) is 9.30. The van der Waals surface area contributed by atoms with Crippen molar-refractivity contribution in [3.05, 3.63) is 35.6 Å². The number of amides is 2. The number of nitrogens with one attached hydrogen (secondary N) is 1. The van der Waals surface area contributed by atoms with E-state index in [0.29, 0.717) is 13.0 Å². The molecule has 0 spiro atoms. The van der Waals surface area contributed by atoms with Gasteiger partial charge in [0.1, 0.15) is 17.5 Å². The van der Waals surface area contributed by atoms with Crippen LogP contribution in [0.4, 0.5) is 9.18 Å². The van der Waals surface area contributed by atoms with Crippen LogP contribution >= 0.6 is 0 Å². The van der Waals surface area contributed by atoms with Crippen LogP contribution in [0.2, 0.25) is 0 Å². The Labute approximate surface area is 153 Å². The number of hydrogen-bond acceptors (Lipinski definition) is 3. The van der Waals surface area contributed by atoms with Gasteiger partial charge in [0.05, 0.1) is 0 Å². The molecule has 1 N–H and O–H groups in total. The number of benzene rings is 1. The second-order valence-corrected chi connectivity index (χ2v) is 8.19. The van der Waals surface area contributed by atoms with Gasteiger partial charge < -0.3 is 10.1 Å². The van der Waals surface area contributed by atoms with E-state index in [1.807, 2.05) is 20.8 Å². The zero-order valence-corrected chi connectivity index (χ0v) is 15.6. The van der Waals surface area contributed by atoms with Gasteiger partial charge in [-0.2, -0.15) is 0 Å². The fourth-order valence-corrected chi connectivity index (χ4v) is 3.46. The molecule has 1 aromatic rings. The van der Waals surface area contributed by atoms with Crippen LogP contribution in [0.3, 0.4) is 0 Å². The molecule has 2 fully saturated rings. The van der Waals surface area contributed by atoms with Gasteiger partial charge in [0.25, 0.3) is 0 Å². The maximum absolute atomic E-state index is 13.0. The van der Waals surface area contributed by atoms with E-state index < -0.39 is 17.7 Å². The standard InChI is InChI=1S/C20H27FN2O3/c1-20(2,3)26-19(25)23-11-5-4-6-17(23)18(24)22-16-12-15(16)13-7-9-14(21)10-8-13/h7-10,15-17H,4-6,11-12H2,1-3H3,(H,22,24). The third-order valence-corrected chi connectivity index (χ3v) is 4.85. The first-order chi connectivity index (χ1) is 12.2. The van der Waals surface area contributed by atoms with Crippen molar-refractivity contribution in [3.63, 3.8) is 0 Å². The van der Waals surface area contributed by atoms with Crippen molar-refractivity contribution < 1.29 is 18.7 Å². The molecule has 0 aromatic heterocycles. The molecule has 0 bridgehead atoms. The highest BCUT2D eigenvalue weighted by Gasteiger charge is 2.42. The number of rotatable bonds is 3. The second-order valence-electron chi connectivity index (χ2n) is 8.19. The first kappa shape index (κ1) is 18.7. The summed E-state index contributed by atoms with van der Waals surface area (Å²) >= 11 is 0. The number of nitrogens with zero attached hydrogens (tertiary/aromatic N) is 1. The van der Waals surface area contributed by atoms with Gasteiger partial charge in [-0.15, -0.1) is 0 Å². The topological polar surface area (TPSA) is 58.6 Å². The predicted molar refractivity (Wildman–Crippen MR) is 96.3 cm³/mol. The van der Waals surface area contributed by atoms with Gasteiger partial charge in [-0.25, -0.2) is 9.18 Å². The van der Waals surface area contributed by atoms with E-state index >= 15 is 0 Å². The number of ether oxygens (including phenoxy) is 1. The number of hydrogen-bond donors (Lipinski definition) is 1. The number of carbonyl (C=O) groups is 2. The minimum absolute atomic E-state index is 0.0513. The highest BCUT2D eigenvalue weighted by atomic mass is 19.1. The molecule has 3 atom stereocenters. The molecule has 2 aliphatic rings. The van der Waals surface area contributed by atoms with Crippen molar-refractivity contribution >= 4 is 12.0 Å². The van der Waals surface area contributed by atoms with Crippen LogP contribution in [0.5, 0.6) is 0 Å². The summed E-state index contributed by atoms with van der Waals surface area (Å²) in [6, 6.07) is 5.98. The maximum Gasteiger partial charge on any atom is 0.410 e. The van der Waals surface area contributed by atoms with E-state index in [1.54, 1.807) is 17.0 Å². The molecule has 1 aliphatic heterocycles. The van der Waals surface area contributed by atoms with E-state index in [9.17, 15) is 14.0 Å². The minimum atomic E-state index is -0.584. The second kappa shape index (κ2) is 7.25. The Balaban J connectivity index is 1.59. The predicted octanol–water partition coefficient (Wildman–Crippen LogP) is 3.59. The summed E-state index contributed by atoms with van der Waals surface area (Å²) in [6.07, 6.45) is 2.87. The van der Waals surface area contributed by atoms with Crippen LogP contribution in [0, 0.1) is 5.82 Å². The lowest BCUT2D eigenvalue weighted by Crippen LogP contribution is -2.53. The van der Waals surface area contributed by atoms with Crippen molar-refractivity contribution in [1.82, 2.24) is 10.2 Å². The van der Waals surface area contributed by atoms with E-state index in [-0.39, 0.29) is 23.7 Å². The molecule has 1 saturated heterocycles. The Morgan fingerprint density at radius 2 is 1.88 bits per heavy atom. The number of carbonyl (C=O) groups excluding carboxylic acids is 2. The van der Waals surface area contributed by atoms with Crippen molar-refractivity contribution in [2.75, 3.05) is 6.54 Å². The molecule has 3 rings (SSSR count). The Morgan fingerprint density at radius 1 is 1.19 bits per heavy atom. The number of likely N-dealkylation sites (tertiary alicyclic amines) is 1.